The molecule has 2 heteroatoms. The van der Waals surface area contributed by atoms with Gasteiger partial charge in [0.15, 0.2) is 0 Å². The van der Waals surface area contributed by atoms with Gasteiger partial charge in [0.1, 0.15) is 0 Å². The quantitative estimate of drug-likeness (QED) is 0.703. The highest BCUT2D eigenvalue weighted by molar-refractivity contribution is 5.27. The Morgan fingerprint density at radius 3 is 2.27 bits per heavy atom. The molecular weight excluding hydrogens is 194 g/mol. The van der Waals surface area contributed by atoms with E-state index in [9.17, 15) is 8.78 Å². The number of halogens is 2. The summed E-state index contributed by atoms with van der Waals surface area (Å²) in [5.74, 6) is -2.33. The van der Waals surface area contributed by atoms with Crippen molar-refractivity contribution < 1.29 is 8.78 Å². The summed E-state index contributed by atoms with van der Waals surface area (Å²) in [7, 11) is 0. The lowest BCUT2D eigenvalue weighted by atomic mass is 9.76. The molecule has 1 saturated carbocycles. The van der Waals surface area contributed by atoms with Crippen LogP contribution in [0.15, 0.2) is 24.3 Å². The maximum absolute atomic E-state index is 12.7. The molecule has 1 aliphatic carbocycles. The van der Waals surface area contributed by atoms with E-state index in [0.717, 1.165) is 18.4 Å². The number of rotatable bonds is 3. The van der Waals surface area contributed by atoms with Crippen LogP contribution in [0.4, 0.5) is 8.78 Å². The Bertz CT molecular complexity index is 319. The zero-order chi connectivity index (χ0) is 10.9. The molecule has 15 heavy (non-hydrogen) atoms. The van der Waals surface area contributed by atoms with Gasteiger partial charge in [0.2, 0.25) is 5.92 Å². The first-order valence-corrected chi connectivity index (χ1v) is 5.57. The van der Waals surface area contributed by atoms with E-state index in [-0.39, 0.29) is 18.8 Å². The second kappa shape index (κ2) is 3.92. The largest absolute Gasteiger partial charge is 0.249 e. The average molecular weight is 210 g/mol. The molecule has 0 bridgehead atoms. The Hall–Kier alpha value is -0.920. The normalized spacial score (nSPS) is 19.9. The van der Waals surface area contributed by atoms with Gasteiger partial charge in [-0.2, -0.15) is 0 Å². The third kappa shape index (κ3) is 2.36. The van der Waals surface area contributed by atoms with E-state index in [4.69, 9.17) is 0 Å². The molecule has 0 radical (unpaired) electrons. The molecule has 0 saturated heterocycles. The summed E-state index contributed by atoms with van der Waals surface area (Å²) in [4.78, 5) is 0. The van der Waals surface area contributed by atoms with Crippen molar-refractivity contribution >= 4 is 0 Å². The van der Waals surface area contributed by atoms with Crippen LogP contribution in [0.5, 0.6) is 0 Å². The van der Waals surface area contributed by atoms with Gasteiger partial charge in [0.05, 0.1) is 0 Å². The van der Waals surface area contributed by atoms with Gasteiger partial charge in [-0.05, 0) is 23.5 Å². The van der Waals surface area contributed by atoms with Crippen LogP contribution in [-0.4, -0.2) is 5.92 Å². The van der Waals surface area contributed by atoms with E-state index < -0.39 is 5.92 Å². The molecule has 1 aliphatic rings. The van der Waals surface area contributed by atoms with Crippen LogP contribution in [0, 0.1) is 0 Å². The predicted octanol–water partition coefficient (Wildman–Crippen LogP) is 4.15. The van der Waals surface area contributed by atoms with E-state index in [0.29, 0.717) is 0 Å². The highest BCUT2D eigenvalue weighted by Gasteiger charge is 2.45. The van der Waals surface area contributed by atoms with Crippen molar-refractivity contribution in [3.63, 3.8) is 0 Å². The lowest BCUT2D eigenvalue weighted by Crippen LogP contribution is -2.33. The van der Waals surface area contributed by atoms with Crippen molar-refractivity contribution in [3.05, 3.63) is 35.4 Å². The molecule has 0 heterocycles. The first kappa shape index (κ1) is 10.6. The number of hydrogen-bond donors (Lipinski definition) is 0. The molecular formula is C13H16F2. The van der Waals surface area contributed by atoms with Crippen molar-refractivity contribution in [1.82, 2.24) is 0 Å². The van der Waals surface area contributed by atoms with Crippen LogP contribution < -0.4 is 0 Å². The molecule has 0 amide bonds. The molecule has 0 spiro atoms. The maximum Gasteiger partial charge on any atom is 0.249 e. The Kier molecular flexibility index (Phi) is 2.76. The monoisotopic (exact) mass is 210 g/mol. The first-order chi connectivity index (χ1) is 7.11. The lowest BCUT2D eigenvalue weighted by molar-refractivity contribution is -0.0867. The van der Waals surface area contributed by atoms with Crippen molar-refractivity contribution in [3.8, 4) is 0 Å². The first-order valence-electron chi connectivity index (χ1n) is 5.57. The highest BCUT2D eigenvalue weighted by atomic mass is 19.3. The number of alkyl halides is 2. The predicted molar refractivity (Wildman–Crippen MR) is 57.4 cm³/mol. The van der Waals surface area contributed by atoms with Crippen LogP contribution in [0.2, 0.25) is 0 Å². The average Bonchev–Trinajstić information content (AvgIpc) is 2.16. The summed E-state index contributed by atoms with van der Waals surface area (Å²) in [6.07, 6.45) is 2.25. The van der Waals surface area contributed by atoms with Gasteiger partial charge in [0, 0.05) is 12.8 Å². The van der Waals surface area contributed by atoms with Crippen LogP contribution in [-0.2, 0) is 6.42 Å². The zero-order valence-corrected chi connectivity index (χ0v) is 8.97. The van der Waals surface area contributed by atoms with Gasteiger partial charge >= 0.3 is 0 Å². The van der Waals surface area contributed by atoms with Crippen LogP contribution in [0.3, 0.4) is 0 Å². The minimum atomic E-state index is -2.41. The minimum Gasteiger partial charge on any atom is -0.207 e. The molecule has 0 aromatic heterocycles. The molecule has 0 N–H and O–H groups in total. The number of benzene rings is 1. The molecule has 2 rings (SSSR count). The highest BCUT2D eigenvalue weighted by Crippen LogP contribution is 2.48. The molecule has 0 atom stereocenters. The molecule has 0 aliphatic heterocycles. The van der Waals surface area contributed by atoms with Crippen molar-refractivity contribution in [2.45, 2.75) is 44.4 Å². The molecule has 1 aromatic carbocycles. The van der Waals surface area contributed by atoms with Gasteiger partial charge in [-0.15, -0.1) is 0 Å². The smallest absolute Gasteiger partial charge is 0.207 e. The number of aryl methyl sites for hydroxylation is 1. The Morgan fingerprint density at radius 1 is 1.20 bits per heavy atom. The molecule has 0 nitrogen and oxygen atoms in total. The fourth-order valence-electron chi connectivity index (χ4n) is 2.14. The van der Waals surface area contributed by atoms with Gasteiger partial charge in [-0.25, -0.2) is 8.78 Å². The Balaban J connectivity index is 1.99. The second-order valence-corrected chi connectivity index (χ2v) is 4.45. The SMILES string of the molecule is CCCc1ccc(C2CC(F)(F)C2)cc1. The zero-order valence-electron chi connectivity index (χ0n) is 8.97. The Labute approximate surface area is 89.3 Å². The fourth-order valence-corrected chi connectivity index (χ4v) is 2.14. The third-order valence-corrected chi connectivity index (χ3v) is 3.08. The standard InChI is InChI=1S/C13H16F2/c1-2-3-10-4-6-11(7-5-10)12-8-13(14,15)9-12/h4-7,12H,2-3,8-9H2,1H3. The van der Waals surface area contributed by atoms with E-state index in [1.807, 2.05) is 12.1 Å². The summed E-state index contributed by atoms with van der Waals surface area (Å²) >= 11 is 0. The molecule has 82 valence electrons. The number of hydrogen-bond acceptors (Lipinski definition) is 0. The van der Waals surface area contributed by atoms with E-state index >= 15 is 0 Å². The van der Waals surface area contributed by atoms with E-state index in [2.05, 4.69) is 19.1 Å². The third-order valence-electron chi connectivity index (χ3n) is 3.08. The summed E-state index contributed by atoms with van der Waals surface area (Å²) in [6, 6.07) is 8.14. The summed E-state index contributed by atoms with van der Waals surface area (Å²) in [5.41, 5.74) is 2.37. The summed E-state index contributed by atoms with van der Waals surface area (Å²) < 4.78 is 25.3. The van der Waals surface area contributed by atoms with E-state index in [1.54, 1.807) is 0 Å². The maximum atomic E-state index is 12.7. The fraction of sp³-hybridized carbons (Fsp3) is 0.538. The van der Waals surface area contributed by atoms with Gasteiger partial charge < -0.3 is 0 Å². The van der Waals surface area contributed by atoms with Gasteiger partial charge in [-0.1, -0.05) is 37.6 Å². The Morgan fingerprint density at radius 2 is 1.80 bits per heavy atom. The van der Waals surface area contributed by atoms with Crippen LogP contribution >= 0.6 is 0 Å². The molecule has 0 unspecified atom stereocenters. The van der Waals surface area contributed by atoms with Crippen molar-refractivity contribution in [1.29, 1.82) is 0 Å². The van der Waals surface area contributed by atoms with Gasteiger partial charge in [-0.3, -0.25) is 0 Å². The van der Waals surface area contributed by atoms with Crippen LogP contribution in [0.25, 0.3) is 0 Å². The van der Waals surface area contributed by atoms with Crippen LogP contribution in [0.1, 0.15) is 43.2 Å². The van der Waals surface area contributed by atoms with E-state index in [1.165, 1.54) is 5.56 Å². The summed E-state index contributed by atoms with van der Waals surface area (Å²) in [5, 5.41) is 0. The topological polar surface area (TPSA) is 0 Å². The lowest BCUT2D eigenvalue weighted by Gasteiger charge is -2.35. The minimum absolute atomic E-state index is 0.0279. The molecule has 1 fully saturated rings. The molecule has 1 aromatic rings. The summed E-state index contributed by atoms with van der Waals surface area (Å²) in [6.45, 7) is 2.14. The van der Waals surface area contributed by atoms with Gasteiger partial charge in [0.25, 0.3) is 0 Å². The second-order valence-electron chi connectivity index (χ2n) is 4.45. The van der Waals surface area contributed by atoms with Crippen molar-refractivity contribution in [2.24, 2.45) is 0 Å². The van der Waals surface area contributed by atoms with Crippen molar-refractivity contribution in [2.75, 3.05) is 0 Å².